The third-order valence-electron chi connectivity index (χ3n) is 20.4. The van der Waals surface area contributed by atoms with Crippen molar-refractivity contribution in [1.29, 1.82) is 0 Å². The van der Waals surface area contributed by atoms with Crippen molar-refractivity contribution in [3.05, 3.63) is 325 Å². The van der Waals surface area contributed by atoms with Crippen LogP contribution in [0, 0.1) is 20.2 Å². The molecule has 0 unspecified atom stereocenters. The van der Waals surface area contributed by atoms with Crippen LogP contribution in [0.3, 0.4) is 0 Å². The number of halogens is 2. The van der Waals surface area contributed by atoms with Gasteiger partial charge < -0.3 is 9.31 Å². The highest BCUT2D eigenvalue weighted by molar-refractivity contribution is 9.11. The van der Waals surface area contributed by atoms with Crippen LogP contribution in [0.4, 0.5) is 11.4 Å². The summed E-state index contributed by atoms with van der Waals surface area (Å²) in [7, 11) is -0.348. The molecule has 1 aliphatic heterocycles. The maximum absolute atomic E-state index is 11.5. The van der Waals surface area contributed by atoms with E-state index >= 15 is 0 Å². The summed E-state index contributed by atoms with van der Waals surface area (Å²) < 4.78 is 25.0. The van der Waals surface area contributed by atoms with E-state index in [9.17, 15) is 20.2 Å². The number of fused-ring (bicyclic) bond motifs is 25. The SMILES string of the molecule is Brc1cc2sc3ccccc3c2c2ccccc12.CC1(C)OB(c2cc3sc4ccccc4c3c3ccccc23)OC1(C)C.O=[N+]([O-])c1ccccc1-c1cc2sc3ccccc3c2c2ccccc12.O=[N+]([O-])c1ccccc1Br.c1ccc2c(c1)Cc1c-2c2ccccc2c2c1sc1ccccc12. The minimum absolute atomic E-state index is 0.0995. The zero-order valence-electron chi connectivity index (χ0n) is 56.7. The predicted octanol–water partition coefficient (Wildman–Crippen LogP) is 27.4. The fourth-order valence-electron chi connectivity index (χ4n) is 14.9. The van der Waals surface area contributed by atoms with E-state index in [2.05, 4.69) is 272 Å². The van der Waals surface area contributed by atoms with Crippen molar-refractivity contribution in [2.45, 2.75) is 45.3 Å². The molecule has 0 amide bonds. The second-order valence-corrected chi connectivity index (χ2v) is 32.9. The zero-order valence-corrected chi connectivity index (χ0v) is 63.1. The standard InChI is InChI=1S/C23H14S.C22H21BO2S.C22H13NO2S.C16H9BrS.C6H4BrNO2/c1-2-8-15-14(7-1)13-19-21(15)16-9-3-4-10-17(16)22-18-11-5-6-12-20(18)24-23(19)22;1-21(2)22(3,4)25-23(24-21)17-13-19-20(15-10-6-5-9-14(15)17)16-11-7-8-12-18(16)26-19;24-23(25)19-11-5-3-8-15(19)18-13-21-22(16-9-2-1-7-14(16)18)17-10-4-6-12-20(17)26-21;17-13-9-15-16(11-6-2-1-5-10(11)13)12-7-3-4-8-14(12)18-15;7-5-3-1-2-4-6(5)8(9)10/h1-12H,13H2;5-13H,1-4H3;1-13H;1-9H;1-4H. The van der Waals surface area contributed by atoms with Gasteiger partial charge in [0.25, 0.3) is 11.4 Å². The van der Waals surface area contributed by atoms with Gasteiger partial charge in [-0.2, -0.15) is 0 Å². The lowest BCUT2D eigenvalue weighted by atomic mass is 9.75. The van der Waals surface area contributed by atoms with Crippen LogP contribution in [0.5, 0.6) is 0 Å². The van der Waals surface area contributed by atoms with Crippen molar-refractivity contribution in [2.24, 2.45) is 0 Å². The summed E-state index contributed by atoms with van der Waals surface area (Å²) in [6.07, 6.45) is 1.06. The molecule has 2 aliphatic rings. The van der Waals surface area contributed by atoms with E-state index in [-0.39, 0.29) is 34.6 Å². The Bertz CT molecular complexity index is 6680. The van der Waals surface area contributed by atoms with Crippen molar-refractivity contribution < 1.29 is 19.2 Å². The molecule has 1 aliphatic carbocycles. The highest BCUT2D eigenvalue weighted by Crippen LogP contribution is 2.51. The van der Waals surface area contributed by atoms with Crippen LogP contribution >= 0.6 is 77.2 Å². The van der Waals surface area contributed by atoms with E-state index < -0.39 is 4.92 Å². The van der Waals surface area contributed by atoms with E-state index in [1.807, 2.05) is 70.4 Å². The van der Waals surface area contributed by atoms with Crippen LogP contribution in [0.2, 0.25) is 0 Å². The fourth-order valence-corrected chi connectivity index (χ4v) is 20.8. The van der Waals surface area contributed by atoms with Crippen LogP contribution in [0.1, 0.15) is 38.8 Å². The van der Waals surface area contributed by atoms with E-state index in [0.717, 1.165) is 32.9 Å². The second-order valence-electron chi connectivity index (χ2n) is 26.9. The van der Waals surface area contributed by atoms with Gasteiger partial charge in [-0.15, -0.1) is 45.3 Å². The fraction of sp³-hybridized carbons (Fsp3) is 0.0787. The molecule has 0 spiro atoms. The third-order valence-corrected chi connectivity index (χ3v) is 26.3. The van der Waals surface area contributed by atoms with Gasteiger partial charge in [0.05, 0.1) is 31.1 Å². The number of para-hydroxylation sites is 2. The Morgan fingerprint density at radius 1 is 0.346 bits per heavy atom. The molecule has 19 aromatic rings. The number of benzene rings is 15. The molecule has 5 heterocycles. The third kappa shape index (κ3) is 11.8. The van der Waals surface area contributed by atoms with E-state index in [1.54, 1.807) is 41.7 Å². The molecule has 0 N–H and O–H groups in total. The minimum atomic E-state index is -0.427. The predicted molar refractivity (Wildman–Crippen MR) is 452 cm³/mol. The summed E-state index contributed by atoms with van der Waals surface area (Å²) in [5.74, 6) is 0. The number of nitro benzene ring substituents is 2. The lowest BCUT2D eigenvalue weighted by molar-refractivity contribution is -0.385. The molecule has 1 saturated heterocycles. The van der Waals surface area contributed by atoms with Gasteiger partial charge in [0.1, 0.15) is 0 Å². The summed E-state index contributed by atoms with van der Waals surface area (Å²) in [6.45, 7) is 8.42. The van der Waals surface area contributed by atoms with Gasteiger partial charge in [0, 0.05) is 104 Å². The second kappa shape index (κ2) is 27.2. The molecule has 0 saturated carbocycles. The first-order chi connectivity index (χ1) is 50.6. The van der Waals surface area contributed by atoms with Crippen LogP contribution in [0.25, 0.3) is 146 Å². The Hall–Kier alpha value is -10.0. The summed E-state index contributed by atoms with van der Waals surface area (Å²) in [4.78, 5) is 21.0. The van der Waals surface area contributed by atoms with Gasteiger partial charge in [-0.05, 0) is 175 Å². The van der Waals surface area contributed by atoms with Gasteiger partial charge in [-0.25, -0.2) is 0 Å². The number of hydrogen-bond acceptors (Lipinski definition) is 10. The number of hydrogen-bond donors (Lipinski definition) is 0. The normalized spacial score (nSPS) is 13.5. The maximum atomic E-state index is 11.5. The quantitative estimate of drug-likeness (QED) is 0.0987. The monoisotopic (exact) mass is 1550 g/mol. The van der Waals surface area contributed by atoms with Crippen LogP contribution in [-0.4, -0.2) is 28.2 Å². The summed E-state index contributed by atoms with van der Waals surface area (Å²) >= 11 is 14.1. The lowest BCUT2D eigenvalue weighted by Crippen LogP contribution is -2.41. The molecule has 8 nitrogen and oxygen atoms in total. The summed E-state index contributed by atoms with van der Waals surface area (Å²) in [5, 5.41) is 42.5. The number of nitrogens with zero attached hydrogens (tertiary/aromatic N) is 2. The Labute approximate surface area is 631 Å². The molecule has 4 aromatic heterocycles. The van der Waals surface area contributed by atoms with Gasteiger partial charge in [-0.3, -0.25) is 20.2 Å². The largest absolute Gasteiger partial charge is 0.495 e. The lowest BCUT2D eigenvalue weighted by Gasteiger charge is -2.32. The van der Waals surface area contributed by atoms with E-state index in [1.165, 1.54) is 141 Å². The van der Waals surface area contributed by atoms with E-state index in [0.29, 0.717) is 10.0 Å². The van der Waals surface area contributed by atoms with Crippen LogP contribution in [-0.2, 0) is 15.7 Å². The van der Waals surface area contributed by atoms with Gasteiger partial charge >= 0.3 is 7.12 Å². The summed E-state index contributed by atoms with van der Waals surface area (Å²) in [5.41, 5.74) is 8.11. The number of rotatable bonds is 4. The van der Waals surface area contributed by atoms with Crippen molar-refractivity contribution in [1.82, 2.24) is 0 Å². The summed E-state index contributed by atoms with van der Waals surface area (Å²) in [6, 6.07) is 97.7. The first-order valence-corrected chi connectivity index (χ1v) is 39.0. The molecule has 21 rings (SSSR count). The van der Waals surface area contributed by atoms with Crippen molar-refractivity contribution >= 4 is 225 Å². The average molecular weight is 1550 g/mol. The molecule has 0 bridgehead atoms. The highest BCUT2D eigenvalue weighted by atomic mass is 79.9. The van der Waals surface area contributed by atoms with Crippen LogP contribution in [0.15, 0.2) is 294 Å². The molecule has 0 atom stereocenters. The molecular weight excluding hydrogens is 1490 g/mol. The smallest absolute Gasteiger partial charge is 0.399 e. The van der Waals surface area contributed by atoms with Crippen molar-refractivity contribution in [3.8, 4) is 22.3 Å². The Kier molecular flexibility index (Phi) is 17.6. The molecule has 0 radical (unpaired) electrons. The topological polar surface area (TPSA) is 105 Å². The van der Waals surface area contributed by atoms with Crippen molar-refractivity contribution in [3.63, 3.8) is 0 Å². The first kappa shape index (κ1) is 67.2. The molecular formula is C89H61BBr2N2O6S4. The first-order valence-electron chi connectivity index (χ1n) is 34.1. The highest BCUT2D eigenvalue weighted by Gasteiger charge is 2.52. The minimum Gasteiger partial charge on any atom is -0.399 e. The maximum Gasteiger partial charge on any atom is 0.495 e. The molecule has 15 aromatic carbocycles. The Morgan fingerprint density at radius 3 is 1.25 bits per heavy atom. The average Bonchev–Trinajstić information content (AvgIpc) is 1.55. The Morgan fingerprint density at radius 2 is 0.721 bits per heavy atom. The Balaban J connectivity index is 0.0000000988. The van der Waals surface area contributed by atoms with Gasteiger partial charge in [0.15, 0.2) is 0 Å². The molecule has 1 fully saturated rings. The van der Waals surface area contributed by atoms with Gasteiger partial charge in [0.2, 0.25) is 0 Å². The molecule has 104 heavy (non-hydrogen) atoms. The zero-order chi connectivity index (χ0) is 71.1. The molecule has 504 valence electrons. The number of thiophene rings is 4. The molecule has 15 heteroatoms. The van der Waals surface area contributed by atoms with Crippen LogP contribution < -0.4 is 5.46 Å². The van der Waals surface area contributed by atoms with Crippen molar-refractivity contribution in [2.75, 3.05) is 0 Å². The van der Waals surface area contributed by atoms with Gasteiger partial charge in [-0.1, -0.05) is 234 Å². The number of nitro groups is 2. The van der Waals surface area contributed by atoms with E-state index in [4.69, 9.17) is 9.31 Å².